The Morgan fingerprint density at radius 2 is 1.57 bits per heavy atom. The van der Waals surface area contributed by atoms with Crippen molar-refractivity contribution < 1.29 is 14.3 Å². The van der Waals surface area contributed by atoms with Crippen LogP contribution in [0.4, 0.5) is 16.2 Å². The maximum atomic E-state index is 12.8. The third-order valence-corrected chi connectivity index (χ3v) is 5.20. The summed E-state index contributed by atoms with van der Waals surface area (Å²) in [5, 5.41) is 3.09. The fourth-order valence-electron chi connectivity index (χ4n) is 3.76. The highest BCUT2D eigenvalue weighted by Crippen LogP contribution is 2.33. The number of methoxy groups -OCH3 is 2. The third kappa shape index (κ3) is 4.16. The maximum absolute atomic E-state index is 12.8. The number of hydrogen-bond acceptors (Lipinski definition) is 4. The summed E-state index contributed by atoms with van der Waals surface area (Å²) in [6.07, 6.45) is 0. The van der Waals surface area contributed by atoms with Gasteiger partial charge in [-0.2, -0.15) is 0 Å². The minimum absolute atomic E-state index is 0.0450. The lowest BCUT2D eigenvalue weighted by molar-refractivity contribution is 0.208. The quantitative estimate of drug-likeness (QED) is 0.868. The smallest absolute Gasteiger partial charge is 0.321 e. The Labute approximate surface area is 167 Å². The van der Waals surface area contributed by atoms with Gasteiger partial charge in [-0.15, -0.1) is 0 Å². The van der Waals surface area contributed by atoms with Gasteiger partial charge in [-0.25, -0.2) is 4.79 Å². The summed E-state index contributed by atoms with van der Waals surface area (Å²) in [6.45, 7) is 8.95. The summed E-state index contributed by atoms with van der Waals surface area (Å²) < 4.78 is 10.8. The SMILES string of the molecule is COc1ccc(N2CCN(C(=O)Nc3c(C)cc(C)cc3C)CC2)c(OC)c1. The highest BCUT2D eigenvalue weighted by Gasteiger charge is 2.24. The van der Waals surface area contributed by atoms with Gasteiger partial charge >= 0.3 is 6.03 Å². The Morgan fingerprint density at radius 3 is 2.14 bits per heavy atom. The number of carbonyl (C=O) groups is 1. The van der Waals surface area contributed by atoms with Crippen LogP contribution in [0.15, 0.2) is 30.3 Å². The van der Waals surface area contributed by atoms with E-state index in [9.17, 15) is 4.79 Å². The van der Waals surface area contributed by atoms with Crippen LogP contribution < -0.4 is 19.7 Å². The van der Waals surface area contributed by atoms with Gasteiger partial charge in [-0.05, 0) is 44.0 Å². The van der Waals surface area contributed by atoms with Gasteiger partial charge in [0, 0.05) is 37.9 Å². The van der Waals surface area contributed by atoms with Crippen molar-refractivity contribution in [3.8, 4) is 11.5 Å². The molecule has 1 N–H and O–H groups in total. The van der Waals surface area contributed by atoms with Crippen LogP contribution in [0.25, 0.3) is 0 Å². The first kappa shape index (κ1) is 19.9. The summed E-state index contributed by atoms with van der Waals surface area (Å²) >= 11 is 0. The van der Waals surface area contributed by atoms with Crippen LogP contribution in [-0.4, -0.2) is 51.3 Å². The first-order valence-corrected chi connectivity index (χ1v) is 9.53. The lowest BCUT2D eigenvalue weighted by Crippen LogP contribution is -2.50. The van der Waals surface area contributed by atoms with E-state index in [-0.39, 0.29) is 6.03 Å². The van der Waals surface area contributed by atoms with Crippen molar-refractivity contribution in [2.45, 2.75) is 20.8 Å². The number of rotatable bonds is 4. The van der Waals surface area contributed by atoms with Crippen LogP contribution in [0.5, 0.6) is 11.5 Å². The number of benzene rings is 2. The number of anilines is 2. The van der Waals surface area contributed by atoms with Crippen molar-refractivity contribution in [1.82, 2.24) is 4.90 Å². The van der Waals surface area contributed by atoms with Gasteiger partial charge in [-0.3, -0.25) is 0 Å². The molecule has 2 aromatic carbocycles. The number of carbonyl (C=O) groups excluding carboxylic acids is 1. The average Bonchev–Trinajstić information content (AvgIpc) is 2.70. The van der Waals surface area contributed by atoms with E-state index in [0.29, 0.717) is 13.1 Å². The molecule has 1 aliphatic heterocycles. The number of ether oxygens (including phenoxy) is 2. The molecule has 0 spiro atoms. The van der Waals surface area contributed by atoms with Crippen molar-refractivity contribution in [2.24, 2.45) is 0 Å². The molecule has 0 aliphatic carbocycles. The molecule has 0 unspecified atom stereocenters. The Morgan fingerprint density at radius 1 is 0.929 bits per heavy atom. The number of hydrogen-bond donors (Lipinski definition) is 1. The Balaban J connectivity index is 1.65. The second-order valence-electron chi connectivity index (χ2n) is 7.22. The van der Waals surface area contributed by atoms with Crippen LogP contribution in [0, 0.1) is 20.8 Å². The van der Waals surface area contributed by atoms with Gasteiger partial charge in [0.1, 0.15) is 11.5 Å². The predicted octanol–water partition coefficient (Wildman–Crippen LogP) is 3.98. The van der Waals surface area contributed by atoms with E-state index in [1.165, 1.54) is 5.56 Å². The normalized spacial score (nSPS) is 14.0. The van der Waals surface area contributed by atoms with Gasteiger partial charge < -0.3 is 24.6 Å². The van der Waals surface area contributed by atoms with Crippen LogP contribution in [-0.2, 0) is 0 Å². The molecule has 28 heavy (non-hydrogen) atoms. The van der Waals surface area contributed by atoms with E-state index in [0.717, 1.165) is 47.1 Å². The van der Waals surface area contributed by atoms with Crippen molar-refractivity contribution in [1.29, 1.82) is 0 Å². The number of amides is 2. The zero-order valence-electron chi connectivity index (χ0n) is 17.3. The standard InChI is InChI=1S/C22H29N3O3/c1-15-12-16(2)21(17(3)13-15)23-22(26)25-10-8-24(9-11-25)19-7-6-18(27-4)14-20(19)28-5/h6-7,12-14H,8-11H2,1-5H3,(H,23,26). The topological polar surface area (TPSA) is 54.0 Å². The van der Waals surface area contributed by atoms with Crippen molar-refractivity contribution >= 4 is 17.4 Å². The second-order valence-corrected chi connectivity index (χ2v) is 7.22. The third-order valence-electron chi connectivity index (χ3n) is 5.20. The molecule has 1 aliphatic rings. The fraction of sp³-hybridized carbons (Fsp3) is 0.409. The number of piperazine rings is 1. The molecule has 150 valence electrons. The highest BCUT2D eigenvalue weighted by molar-refractivity contribution is 5.91. The molecular formula is C22H29N3O3. The predicted molar refractivity (Wildman–Crippen MR) is 113 cm³/mol. The van der Waals surface area contributed by atoms with Gasteiger partial charge in [0.25, 0.3) is 0 Å². The molecule has 0 radical (unpaired) electrons. The molecule has 3 rings (SSSR count). The number of aryl methyl sites for hydroxylation is 3. The summed E-state index contributed by atoms with van der Waals surface area (Å²) in [5.74, 6) is 1.55. The van der Waals surface area contributed by atoms with E-state index < -0.39 is 0 Å². The summed E-state index contributed by atoms with van der Waals surface area (Å²) in [5.41, 5.74) is 5.32. The van der Waals surface area contributed by atoms with Gasteiger partial charge in [0.05, 0.1) is 19.9 Å². The molecule has 0 bridgehead atoms. The van der Waals surface area contributed by atoms with Crippen LogP contribution in [0.2, 0.25) is 0 Å². The van der Waals surface area contributed by atoms with Gasteiger partial charge in [-0.1, -0.05) is 17.7 Å². The van der Waals surface area contributed by atoms with E-state index in [1.807, 2.05) is 36.9 Å². The summed E-state index contributed by atoms with van der Waals surface area (Å²) in [7, 11) is 3.30. The van der Waals surface area contributed by atoms with E-state index in [2.05, 4.69) is 29.3 Å². The lowest BCUT2D eigenvalue weighted by Gasteiger charge is -2.36. The number of urea groups is 1. The molecule has 2 amide bonds. The molecule has 0 saturated carbocycles. The summed E-state index contributed by atoms with van der Waals surface area (Å²) in [6, 6.07) is 9.97. The first-order valence-electron chi connectivity index (χ1n) is 9.53. The monoisotopic (exact) mass is 383 g/mol. The first-order chi connectivity index (χ1) is 13.4. The minimum atomic E-state index is -0.0450. The van der Waals surface area contributed by atoms with Crippen molar-refractivity contribution in [2.75, 3.05) is 50.6 Å². The molecule has 6 nitrogen and oxygen atoms in total. The molecule has 6 heteroatoms. The Kier molecular flexibility index (Phi) is 5.97. The zero-order chi connectivity index (χ0) is 20.3. The molecule has 1 fully saturated rings. The Bertz CT molecular complexity index is 835. The Hall–Kier alpha value is -2.89. The van der Waals surface area contributed by atoms with Gasteiger partial charge in [0.15, 0.2) is 0 Å². The van der Waals surface area contributed by atoms with E-state index in [4.69, 9.17) is 9.47 Å². The molecule has 2 aromatic rings. The molecular weight excluding hydrogens is 354 g/mol. The van der Waals surface area contributed by atoms with Crippen LogP contribution >= 0.6 is 0 Å². The van der Waals surface area contributed by atoms with Crippen molar-refractivity contribution in [3.05, 3.63) is 47.0 Å². The molecule has 0 atom stereocenters. The molecule has 0 aromatic heterocycles. The largest absolute Gasteiger partial charge is 0.497 e. The lowest BCUT2D eigenvalue weighted by atomic mass is 10.1. The van der Waals surface area contributed by atoms with Crippen molar-refractivity contribution in [3.63, 3.8) is 0 Å². The fourth-order valence-corrected chi connectivity index (χ4v) is 3.76. The molecule has 1 saturated heterocycles. The van der Waals surface area contributed by atoms with Crippen LogP contribution in [0.3, 0.4) is 0 Å². The van der Waals surface area contributed by atoms with E-state index >= 15 is 0 Å². The molecule has 1 heterocycles. The highest BCUT2D eigenvalue weighted by atomic mass is 16.5. The summed E-state index contributed by atoms with van der Waals surface area (Å²) in [4.78, 5) is 16.9. The minimum Gasteiger partial charge on any atom is -0.497 e. The maximum Gasteiger partial charge on any atom is 0.321 e. The van der Waals surface area contributed by atoms with E-state index in [1.54, 1.807) is 14.2 Å². The number of nitrogens with zero attached hydrogens (tertiary/aromatic N) is 2. The van der Waals surface area contributed by atoms with Crippen LogP contribution in [0.1, 0.15) is 16.7 Å². The average molecular weight is 383 g/mol. The van der Waals surface area contributed by atoms with Gasteiger partial charge in [0.2, 0.25) is 0 Å². The number of nitrogens with one attached hydrogen (secondary N) is 1. The second kappa shape index (κ2) is 8.42. The zero-order valence-corrected chi connectivity index (χ0v) is 17.3.